The fourth-order valence-electron chi connectivity index (χ4n) is 3.59. The molecule has 1 atom stereocenters. The number of hydrogen-bond donors (Lipinski definition) is 2. The molecule has 1 aromatic rings. The lowest BCUT2D eigenvalue weighted by Gasteiger charge is -2.47. The van der Waals surface area contributed by atoms with Gasteiger partial charge in [0.05, 0.1) is 11.6 Å². The maximum Gasteiger partial charge on any atom is 0.0889 e. The number of ether oxygens (including phenoxy) is 1. The van der Waals surface area contributed by atoms with Crippen molar-refractivity contribution in [2.24, 2.45) is 11.3 Å². The van der Waals surface area contributed by atoms with Crippen LogP contribution in [0.4, 0.5) is 0 Å². The van der Waals surface area contributed by atoms with Gasteiger partial charge < -0.3 is 4.74 Å². The Kier molecular flexibility index (Phi) is 5.07. The summed E-state index contributed by atoms with van der Waals surface area (Å²) in [5.41, 5.74) is 5.80. The predicted molar refractivity (Wildman–Crippen MR) is 87.8 cm³/mol. The molecule has 3 nitrogen and oxygen atoms in total. The summed E-state index contributed by atoms with van der Waals surface area (Å²) in [4.78, 5) is 0. The summed E-state index contributed by atoms with van der Waals surface area (Å²) >= 11 is 0. The Morgan fingerprint density at radius 3 is 2.33 bits per heavy atom. The van der Waals surface area contributed by atoms with Gasteiger partial charge in [0.2, 0.25) is 0 Å². The first-order chi connectivity index (χ1) is 9.94. The Hall–Kier alpha value is -0.900. The largest absolute Gasteiger partial charge is 0.373 e. The lowest BCUT2D eigenvalue weighted by atomic mass is 9.67. The SMILES string of the molecule is CCOC1(C(NN)c2ccccc2C)CCC(C)(C)CC1. The summed E-state index contributed by atoms with van der Waals surface area (Å²) in [5.74, 6) is 5.96. The van der Waals surface area contributed by atoms with Gasteiger partial charge >= 0.3 is 0 Å². The van der Waals surface area contributed by atoms with Crippen molar-refractivity contribution in [3.05, 3.63) is 35.4 Å². The Bertz CT molecular complexity index is 460. The normalized spacial score (nSPS) is 22.0. The molecule has 2 rings (SSSR count). The van der Waals surface area contributed by atoms with E-state index in [0.717, 1.165) is 19.4 Å². The minimum absolute atomic E-state index is 0.0507. The van der Waals surface area contributed by atoms with Crippen molar-refractivity contribution in [1.29, 1.82) is 0 Å². The summed E-state index contributed by atoms with van der Waals surface area (Å²) in [6.07, 6.45) is 4.46. The molecule has 118 valence electrons. The molecule has 1 saturated carbocycles. The van der Waals surface area contributed by atoms with E-state index in [1.165, 1.54) is 24.0 Å². The molecule has 1 aliphatic carbocycles. The summed E-state index contributed by atoms with van der Waals surface area (Å²) in [7, 11) is 0. The van der Waals surface area contributed by atoms with Gasteiger partial charge in [0.1, 0.15) is 0 Å². The number of nitrogens with one attached hydrogen (secondary N) is 1. The summed E-state index contributed by atoms with van der Waals surface area (Å²) in [5, 5.41) is 0. The molecule has 3 N–H and O–H groups in total. The summed E-state index contributed by atoms with van der Waals surface area (Å²) < 4.78 is 6.28. The quantitative estimate of drug-likeness (QED) is 0.639. The molecule has 1 unspecified atom stereocenters. The maximum atomic E-state index is 6.28. The highest BCUT2D eigenvalue weighted by Crippen LogP contribution is 2.47. The van der Waals surface area contributed by atoms with Gasteiger partial charge in [-0.25, -0.2) is 0 Å². The van der Waals surface area contributed by atoms with Gasteiger partial charge in [-0.15, -0.1) is 0 Å². The topological polar surface area (TPSA) is 47.3 Å². The second-order valence-corrected chi connectivity index (χ2v) is 7.12. The highest BCUT2D eigenvalue weighted by atomic mass is 16.5. The van der Waals surface area contributed by atoms with Crippen LogP contribution in [0.3, 0.4) is 0 Å². The minimum atomic E-state index is -0.189. The molecule has 0 spiro atoms. The van der Waals surface area contributed by atoms with Gasteiger partial charge in [0.15, 0.2) is 0 Å². The molecule has 0 amide bonds. The lowest BCUT2D eigenvalue weighted by molar-refractivity contribution is -0.108. The molecule has 1 aromatic carbocycles. The molecule has 0 heterocycles. The van der Waals surface area contributed by atoms with Crippen LogP contribution in [0.1, 0.15) is 63.6 Å². The maximum absolute atomic E-state index is 6.28. The van der Waals surface area contributed by atoms with Gasteiger partial charge in [-0.05, 0) is 56.1 Å². The molecule has 0 radical (unpaired) electrons. The second kappa shape index (κ2) is 6.47. The molecule has 0 aromatic heterocycles. The van der Waals surface area contributed by atoms with Crippen LogP contribution in [-0.2, 0) is 4.74 Å². The molecule has 1 fully saturated rings. The van der Waals surface area contributed by atoms with E-state index in [-0.39, 0.29) is 11.6 Å². The average molecular weight is 290 g/mol. The minimum Gasteiger partial charge on any atom is -0.373 e. The zero-order valence-corrected chi connectivity index (χ0v) is 13.9. The number of benzene rings is 1. The van der Waals surface area contributed by atoms with Crippen LogP contribution >= 0.6 is 0 Å². The molecule has 1 aliphatic rings. The van der Waals surface area contributed by atoms with Crippen molar-refractivity contribution in [1.82, 2.24) is 5.43 Å². The van der Waals surface area contributed by atoms with E-state index in [4.69, 9.17) is 10.6 Å². The smallest absolute Gasteiger partial charge is 0.0889 e. The van der Waals surface area contributed by atoms with Crippen LogP contribution in [-0.4, -0.2) is 12.2 Å². The van der Waals surface area contributed by atoms with Crippen LogP contribution in [0.15, 0.2) is 24.3 Å². The number of hydrazine groups is 1. The highest BCUT2D eigenvalue weighted by Gasteiger charge is 2.45. The molecular formula is C18H30N2O. The van der Waals surface area contributed by atoms with Crippen molar-refractivity contribution in [2.45, 2.75) is 65.0 Å². The van der Waals surface area contributed by atoms with Crippen LogP contribution < -0.4 is 11.3 Å². The third-order valence-electron chi connectivity index (χ3n) is 5.07. The zero-order chi connectivity index (χ0) is 15.5. The van der Waals surface area contributed by atoms with E-state index in [1.54, 1.807) is 0 Å². The van der Waals surface area contributed by atoms with Crippen molar-refractivity contribution < 1.29 is 4.74 Å². The van der Waals surface area contributed by atoms with Gasteiger partial charge in [-0.2, -0.15) is 0 Å². The molecular weight excluding hydrogens is 260 g/mol. The third-order valence-corrected chi connectivity index (χ3v) is 5.07. The summed E-state index contributed by atoms with van der Waals surface area (Å²) in [6.45, 7) is 9.65. The first-order valence-corrected chi connectivity index (χ1v) is 8.10. The first-order valence-electron chi connectivity index (χ1n) is 8.10. The van der Waals surface area contributed by atoms with Gasteiger partial charge in [0.25, 0.3) is 0 Å². The van der Waals surface area contributed by atoms with Crippen molar-refractivity contribution >= 4 is 0 Å². The fraction of sp³-hybridized carbons (Fsp3) is 0.667. The molecule has 21 heavy (non-hydrogen) atoms. The standard InChI is InChI=1S/C18H30N2O/c1-5-21-18(12-10-17(3,4)11-13-18)16(20-19)15-9-7-6-8-14(15)2/h6-9,16,20H,5,10-13,19H2,1-4H3. The monoisotopic (exact) mass is 290 g/mol. The van der Waals surface area contributed by atoms with Crippen LogP contribution in [0.5, 0.6) is 0 Å². The van der Waals surface area contributed by atoms with Gasteiger partial charge in [-0.3, -0.25) is 11.3 Å². The van der Waals surface area contributed by atoms with Crippen molar-refractivity contribution in [3.63, 3.8) is 0 Å². The second-order valence-electron chi connectivity index (χ2n) is 7.12. The summed E-state index contributed by atoms with van der Waals surface area (Å²) in [6, 6.07) is 8.52. The average Bonchev–Trinajstić information content (AvgIpc) is 2.45. The lowest BCUT2D eigenvalue weighted by Crippen LogP contribution is -2.51. The molecule has 0 saturated heterocycles. The van der Waals surface area contributed by atoms with E-state index in [0.29, 0.717) is 5.41 Å². The molecule has 0 aliphatic heterocycles. The van der Waals surface area contributed by atoms with Crippen molar-refractivity contribution in [3.8, 4) is 0 Å². The number of aryl methyl sites for hydroxylation is 1. The number of nitrogens with two attached hydrogens (primary N) is 1. The van der Waals surface area contributed by atoms with Crippen molar-refractivity contribution in [2.75, 3.05) is 6.61 Å². The van der Waals surface area contributed by atoms with Gasteiger partial charge in [0, 0.05) is 6.61 Å². The molecule has 0 bridgehead atoms. The van der Waals surface area contributed by atoms with Crippen LogP contribution in [0, 0.1) is 12.3 Å². The number of rotatable bonds is 5. The Morgan fingerprint density at radius 2 is 1.81 bits per heavy atom. The fourth-order valence-corrected chi connectivity index (χ4v) is 3.59. The predicted octanol–water partition coefficient (Wildman–Crippen LogP) is 3.87. The Balaban J connectivity index is 2.34. The van der Waals surface area contributed by atoms with E-state index < -0.39 is 0 Å². The molecule has 3 heteroatoms. The Labute approximate surface area is 129 Å². The van der Waals surface area contributed by atoms with Crippen LogP contribution in [0.2, 0.25) is 0 Å². The zero-order valence-electron chi connectivity index (χ0n) is 13.9. The third kappa shape index (κ3) is 3.47. The van der Waals surface area contributed by atoms with Crippen LogP contribution in [0.25, 0.3) is 0 Å². The van der Waals surface area contributed by atoms with Gasteiger partial charge in [-0.1, -0.05) is 38.1 Å². The number of hydrogen-bond acceptors (Lipinski definition) is 3. The Morgan fingerprint density at radius 1 is 1.19 bits per heavy atom. The van der Waals surface area contributed by atoms with E-state index in [9.17, 15) is 0 Å². The first kappa shape index (κ1) is 16.5. The highest BCUT2D eigenvalue weighted by molar-refractivity contribution is 5.31. The van der Waals surface area contributed by atoms with E-state index >= 15 is 0 Å². The van der Waals surface area contributed by atoms with E-state index in [1.807, 2.05) is 0 Å². The van der Waals surface area contributed by atoms with E-state index in [2.05, 4.69) is 57.4 Å².